The van der Waals surface area contributed by atoms with Gasteiger partial charge in [-0.15, -0.1) is 0 Å². The molecule has 0 aliphatic heterocycles. The SMILES string of the molecule is Cc1cc(C#N)cc(C)c1Oc1ncnc(Cl)c1C(C)C. The van der Waals surface area contributed by atoms with Crippen LogP contribution in [0.1, 0.15) is 42.0 Å². The molecule has 0 bridgehead atoms. The van der Waals surface area contributed by atoms with Crippen molar-refractivity contribution in [1.29, 1.82) is 5.26 Å². The highest BCUT2D eigenvalue weighted by Crippen LogP contribution is 2.35. The number of hydrogen-bond acceptors (Lipinski definition) is 4. The van der Waals surface area contributed by atoms with Gasteiger partial charge in [0.25, 0.3) is 0 Å². The Balaban J connectivity index is 2.49. The van der Waals surface area contributed by atoms with E-state index in [1.54, 1.807) is 12.1 Å². The molecule has 2 aromatic rings. The molecular formula is C16H16ClN3O. The lowest BCUT2D eigenvalue weighted by molar-refractivity contribution is 0.444. The van der Waals surface area contributed by atoms with Crippen molar-refractivity contribution in [3.63, 3.8) is 0 Å². The maximum atomic E-state index is 8.99. The van der Waals surface area contributed by atoms with Crippen LogP contribution in [0.5, 0.6) is 11.6 Å². The normalized spacial score (nSPS) is 10.5. The van der Waals surface area contributed by atoms with E-state index in [0.717, 1.165) is 16.7 Å². The molecule has 0 saturated carbocycles. The Morgan fingerprint density at radius 1 is 1.19 bits per heavy atom. The zero-order chi connectivity index (χ0) is 15.6. The zero-order valence-corrected chi connectivity index (χ0v) is 13.2. The number of halogens is 1. The summed E-state index contributed by atoms with van der Waals surface area (Å²) >= 11 is 6.14. The van der Waals surface area contributed by atoms with Gasteiger partial charge < -0.3 is 4.74 Å². The lowest BCUT2D eigenvalue weighted by Gasteiger charge is -2.16. The molecule has 0 N–H and O–H groups in total. The molecule has 0 aliphatic rings. The van der Waals surface area contributed by atoms with Gasteiger partial charge in [-0.1, -0.05) is 25.4 Å². The lowest BCUT2D eigenvalue weighted by Crippen LogP contribution is -2.01. The fraction of sp³-hybridized carbons (Fsp3) is 0.312. The summed E-state index contributed by atoms with van der Waals surface area (Å²) in [7, 11) is 0. The third-order valence-corrected chi connectivity index (χ3v) is 3.47. The second kappa shape index (κ2) is 6.11. The van der Waals surface area contributed by atoms with Crippen LogP contribution in [0.2, 0.25) is 5.15 Å². The van der Waals surface area contributed by atoms with Crippen LogP contribution in [0.3, 0.4) is 0 Å². The summed E-state index contributed by atoms with van der Waals surface area (Å²) in [4.78, 5) is 8.20. The smallest absolute Gasteiger partial charge is 0.227 e. The van der Waals surface area contributed by atoms with Gasteiger partial charge in [0.05, 0.1) is 17.2 Å². The molecule has 1 aromatic heterocycles. The third-order valence-electron chi connectivity index (χ3n) is 3.16. The molecule has 0 spiro atoms. The van der Waals surface area contributed by atoms with Crippen LogP contribution in [0.25, 0.3) is 0 Å². The Morgan fingerprint density at radius 3 is 2.33 bits per heavy atom. The summed E-state index contributed by atoms with van der Waals surface area (Å²) in [5, 5.41) is 9.39. The number of aromatic nitrogens is 2. The molecule has 21 heavy (non-hydrogen) atoms. The van der Waals surface area contributed by atoms with E-state index < -0.39 is 0 Å². The summed E-state index contributed by atoms with van der Waals surface area (Å²) < 4.78 is 5.97. The lowest BCUT2D eigenvalue weighted by atomic mass is 10.1. The van der Waals surface area contributed by atoms with Crippen molar-refractivity contribution in [2.24, 2.45) is 0 Å². The van der Waals surface area contributed by atoms with Gasteiger partial charge in [-0.25, -0.2) is 9.97 Å². The molecule has 0 saturated heterocycles. The van der Waals surface area contributed by atoms with Crippen molar-refractivity contribution >= 4 is 11.6 Å². The van der Waals surface area contributed by atoms with Crippen molar-refractivity contribution in [2.45, 2.75) is 33.6 Å². The highest BCUT2D eigenvalue weighted by molar-refractivity contribution is 6.30. The molecule has 2 rings (SSSR count). The second-order valence-electron chi connectivity index (χ2n) is 5.19. The predicted octanol–water partition coefficient (Wildman–Crippen LogP) is 4.53. The van der Waals surface area contributed by atoms with E-state index in [0.29, 0.717) is 22.3 Å². The Hall–Kier alpha value is -2.12. The Bertz CT molecular complexity index is 697. The van der Waals surface area contributed by atoms with Crippen LogP contribution >= 0.6 is 11.6 Å². The van der Waals surface area contributed by atoms with Crippen LogP contribution in [-0.2, 0) is 0 Å². The van der Waals surface area contributed by atoms with Gasteiger partial charge in [-0.2, -0.15) is 5.26 Å². The average Bonchev–Trinajstić information content (AvgIpc) is 2.42. The van der Waals surface area contributed by atoms with Gasteiger partial charge in [0.15, 0.2) is 0 Å². The Morgan fingerprint density at radius 2 is 1.81 bits per heavy atom. The van der Waals surface area contributed by atoms with Gasteiger partial charge in [-0.3, -0.25) is 0 Å². The minimum absolute atomic E-state index is 0.146. The zero-order valence-electron chi connectivity index (χ0n) is 12.4. The first-order valence-electron chi connectivity index (χ1n) is 6.63. The van der Waals surface area contributed by atoms with Crippen LogP contribution in [0, 0.1) is 25.2 Å². The fourth-order valence-corrected chi connectivity index (χ4v) is 2.54. The molecule has 0 unspecified atom stereocenters. The van der Waals surface area contributed by atoms with E-state index >= 15 is 0 Å². The molecule has 4 nitrogen and oxygen atoms in total. The van der Waals surface area contributed by atoms with Crippen molar-refractivity contribution in [3.8, 4) is 17.7 Å². The van der Waals surface area contributed by atoms with E-state index in [4.69, 9.17) is 21.6 Å². The summed E-state index contributed by atoms with van der Waals surface area (Å²) in [5.41, 5.74) is 3.16. The van der Waals surface area contributed by atoms with Gasteiger partial charge in [0.1, 0.15) is 17.2 Å². The van der Waals surface area contributed by atoms with Crippen molar-refractivity contribution in [1.82, 2.24) is 9.97 Å². The van der Waals surface area contributed by atoms with Crippen LogP contribution in [0.4, 0.5) is 0 Å². The number of rotatable bonds is 3. The van der Waals surface area contributed by atoms with Crippen LogP contribution < -0.4 is 4.74 Å². The van der Waals surface area contributed by atoms with E-state index in [2.05, 4.69) is 16.0 Å². The predicted molar refractivity (Wildman–Crippen MR) is 81.8 cm³/mol. The second-order valence-corrected chi connectivity index (χ2v) is 5.55. The first kappa shape index (κ1) is 15.3. The van der Waals surface area contributed by atoms with E-state index in [9.17, 15) is 0 Å². The van der Waals surface area contributed by atoms with Crippen molar-refractivity contribution in [2.75, 3.05) is 0 Å². The number of aryl methyl sites for hydroxylation is 2. The maximum absolute atomic E-state index is 8.99. The summed E-state index contributed by atoms with van der Waals surface area (Å²) in [6.45, 7) is 7.83. The van der Waals surface area contributed by atoms with Gasteiger partial charge >= 0.3 is 0 Å². The molecule has 0 amide bonds. The highest BCUT2D eigenvalue weighted by Gasteiger charge is 2.17. The van der Waals surface area contributed by atoms with E-state index in [1.807, 2.05) is 27.7 Å². The molecule has 5 heteroatoms. The van der Waals surface area contributed by atoms with Gasteiger partial charge in [0, 0.05) is 0 Å². The quantitative estimate of drug-likeness (QED) is 0.781. The van der Waals surface area contributed by atoms with Crippen molar-refractivity contribution in [3.05, 3.63) is 45.9 Å². The summed E-state index contributed by atoms with van der Waals surface area (Å²) in [6.07, 6.45) is 1.39. The molecule has 0 fully saturated rings. The molecule has 0 radical (unpaired) electrons. The standard InChI is InChI=1S/C16H16ClN3O/c1-9(2)13-15(17)19-8-20-16(13)21-14-10(3)5-12(7-18)6-11(14)4/h5-6,8-9H,1-4H3. The number of nitrogens with zero attached hydrogens (tertiary/aromatic N) is 3. The largest absolute Gasteiger partial charge is 0.438 e. The topological polar surface area (TPSA) is 58.8 Å². The molecule has 1 aromatic carbocycles. The summed E-state index contributed by atoms with van der Waals surface area (Å²) in [6, 6.07) is 5.72. The molecular weight excluding hydrogens is 286 g/mol. The number of nitriles is 1. The van der Waals surface area contributed by atoms with Crippen LogP contribution in [-0.4, -0.2) is 9.97 Å². The highest BCUT2D eigenvalue weighted by atomic mass is 35.5. The van der Waals surface area contributed by atoms with E-state index in [-0.39, 0.29) is 5.92 Å². The minimum atomic E-state index is 0.146. The third kappa shape index (κ3) is 3.14. The first-order chi connectivity index (χ1) is 9.93. The van der Waals surface area contributed by atoms with Crippen LogP contribution in [0.15, 0.2) is 18.5 Å². The van der Waals surface area contributed by atoms with Gasteiger partial charge in [0.2, 0.25) is 5.88 Å². The molecule has 1 heterocycles. The number of benzene rings is 1. The average molecular weight is 302 g/mol. The number of hydrogen-bond donors (Lipinski definition) is 0. The Kier molecular flexibility index (Phi) is 4.44. The monoisotopic (exact) mass is 301 g/mol. The Labute approximate surface area is 129 Å². The molecule has 0 aliphatic carbocycles. The molecule has 108 valence electrons. The van der Waals surface area contributed by atoms with Gasteiger partial charge in [-0.05, 0) is 43.0 Å². The summed E-state index contributed by atoms with van der Waals surface area (Å²) in [5.74, 6) is 1.30. The van der Waals surface area contributed by atoms with Crippen molar-refractivity contribution < 1.29 is 4.74 Å². The minimum Gasteiger partial charge on any atom is -0.438 e. The molecule has 0 atom stereocenters. The van der Waals surface area contributed by atoms with E-state index in [1.165, 1.54) is 6.33 Å². The first-order valence-corrected chi connectivity index (χ1v) is 7.01. The maximum Gasteiger partial charge on any atom is 0.227 e. The fourth-order valence-electron chi connectivity index (χ4n) is 2.20. The number of ether oxygens (including phenoxy) is 1.